The van der Waals surface area contributed by atoms with Gasteiger partial charge in [0.25, 0.3) is 0 Å². The molecule has 26 heavy (non-hydrogen) atoms. The number of sulfonamides is 1. The van der Waals surface area contributed by atoms with Gasteiger partial charge in [-0.1, -0.05) is 24.3 Å². The molecule has 1 N–H and O–H groups in total. The van der Waals surface area contributed by atoms with Crippen molar-refractivity contribution in [2.24, 2.45) is 0 Å². The van der Waals surface area contributed by atoms with Gasteiger partial charge in [-0.25, -0.2) is 17.8 Å². The maximum atomic E-state index is 12.9. The van der Waals surface area contributed by atoms with Crippen molar-refractivity contribution >= 4 is 10.0 Å². The molecular weight excluding hydrogens is 350 g/mol. The summed E-state index contributed by atoms with van der Waals surface area (Å²) in [4.78, 5) is 0.245. The number of benzene rings is 2. The smallest absolute Gasteiger partial charge is 0.207 e. The van der Waals surface area contributed by atoms with Crippen LogP contribution in [0.5, 0.6) is 0 Å². The van der Waals surface area contributed by atoms with Gasteiger partial charge < -0.3 is 0 Å². The zero-order valence-electron chi connectivity index (χ0n) is 14.3. The molecule has 1 heterocycles. The summed E-state index contributed by atoms with van der Waals surface area (Å²) in [5.41, 5.74) is 3.82. The summed E-state index contributed by atoms with van der Waals surface area (Å²) in [6.07, 6.45) is 4.25. The molecule has 0 aliphatic heterocycles. The van der Waals surface area contributed by atoms with E-state index in [0.717, 1.165) is 36.1 Å². The molecule has 3 aromatic rings. The van der Waals surface area contributed by atoms with E-state index in [4.69, 9.17) is 0 Å². The highest BCUT2D eigenvalue weighted by molar-refractivity contribution is 7.89. The van der Waals surface area contributed by atoms with Crippen molar-refractivity contribution in [2.45, 2.75) is 37.1 Å². The molecule has 7 nitrogen and oxygen atoms in total. The Morgan fingerprint density at radius 3 is 2.81 bits per heavy atom. The van der Waals surface area contributed by atoms with Crippen LogP contribution in [-0.4, -0.2) is 28.6 Å². The van der Waals surface area contributed by atoms with Gasteiger partial charge in [-0.2, -0.15) is 0 Å². The van der Waals surface area contributed by atoms with Crippen LogP contribution in [0, 0.1) is 6.92 Å². The van der Waals surface area contributed by atoms with Gasteiger partial charge in [0.1, 0.15) is 6.33 Å². The Morgan fingerprint density at radius 1 is 1.19 bits per heavy atom. The molecule has 0 unspecified atom stereocenters. The number of hydrogen-bond donors (Lipinski definition) is 1. The summed E-state index contributed by atoms with van der Waals surface area (Å²) in [5, 5.41) is 11.1. The molecule has 0 saturated heterocycles. The lowest BCUT2D eigenvalue weighted by molar-refractivity contribution is 0.507. The predicted molar refractivity (Wildman–Crippen MR) is 96.3 cm³/mol. The summed E-state index contributed by atoms with van der Waals surface area (Å²) in [6, 6.07) is 12.8. The second-order valence-corrected chi connectivity index (χ2v) is 8.18. The molecule has 0 bridgehead atoms. The lowest BCUT2D eigenvalue weighted by atomic mass is 9.88. The summed E-state index contributed by atoms with van der Waals surface area (Å²) >= 11 is 0. The maximum Gasteiger partial charge on any atom is 0.241 e. The van der Waals surface area contributed by atoms with Crippen LogP contribution < -0.4 is 4.72 Å². The highest BCUT2D eigenvalue weighted by Gasteiger charge is 2.26. The average molecular weight is 369 g/mol. The first-order chi connectivity index (χ1) is 12.5. The van der Waals surface area contributed by atoms with Gasteiger partial charge in [-0.15, -0.1) is 5.10 Å². The second-order valence-electron chi connectivity index (χ2n) is 6.47. The summed E-state index contributed by atoms with van der Waals surface area (Å²) in [6.45, 7) is 1.84. The highest BCUT2D eigenvalue weighted by atomic mass is 32.2. The van der Waals surface area contributed by atoms with Crippen LogP contribution in [-0.2, 0) is 16.4 Å². The average Bonchev–Trinajstić information content (AvgIpc) is 3.16. The van der Waals surface area contributed by atoms with Gasteiger partial charge in [0.05, 0.1) is 10.6 Å². The Morgan fingerprint density at radius 2 is 2.04 bits per heavy atom. The first-order valence-corrected chi connectivity index (χ1v) is 9.97. The van der Waals surface area contributed by atoms with Gasteiger partial charge in [-0.3, -0.25) is 0 Å². The van der Waals surface area contributed by atoms with Crippen molar-refractivity contribution in [1.29, 1.82) is 0 Å². The van der Waals surface area contributed by atoms with Crippen molar-refractivity contribution in [3.63, 3.8) is 0 Å². The Labute approximate surface area is 152 Å². The van der Waals surface area contributed by atoms with Gasteiger partial charge in [0.2, 0.25) is 10.0 Å². The first kappa shape index (κ1) is 16.9. The number of aryl methyl sites for hydroxylation is 2. The molecule has 8 heteroatoms. The normalized spacial score (nSPS) is 17.0. The van der Waals surface area contributed by atoms with E-state index in [9.17, 15) is 8.42 Å². The van der Waals surface area contributed by atoms with E-state index in [0.29, 0.717) is 0 Å². The first-order valence-electron chi connectivity index (χ1n) is 8.49. The summed E-state index contributed by atoms with van der Waals surface area (Å²) in [7, 11) is -3.62. The molecule has 0 amide bonds. The number of nitrogens with zero attached hydrogens (tertiary/aromatic N) is 4. The fraction of sp³-hybridized carbons (Fsp3) is 0.278. The number of nitrogens with one attached hydrogen (secondary N) is 1. The quantitative estimate of drug-likeness (QED) is 0.762. The standard InChI is InChI=1S/C18H19N5O2S/c1-13-11-15(9-10-18(13)23-12-19-21-22-23)26(24,25)20-17-8-4-6-14-5-2-3-7-16(14)17/h2-3,5,7,9-12,17,20H,4,6,8H2,1H3/t17-/m1/s1. The Kier molecular flexibility index (Phi) is 4.29. The minimum atomic E-state index is -3.62. The molecule has 1 aromatic heterocycles. The Bertz CT molecular complexity index is 1030. The van der Waals surface area contributed by atoms with Gasteiger partial charge in [-0.05, 0) is 71.5 Å². The van der Waals surface area contributed by atoms with E-state index in [-0.39, 0.29) is 10.9 Å². The van der Waals surface area contributed by atoms with Gasteiger partial charge in [0, 0.05) is 6.04 Å². The molecule has 0 fully saturated rings. The molecule has 1 atom stereocenters. The zero-order valence-corrected chi connectivity index (χ0v) is 15.1. The van der Waals surface area contributed by atoms with Crippen molar-refractivity contribution in [2.75, 3.05) is 0 Å². The Hall–Kier alpha value is -2.58. The van der Waals surface area contributed by atoms with Crippen LogP contribution in [0.1, 0.15) is 35.6 Å². The number of fused-ring (bicyclic) bond motifs is 1. The van der Waals surface area contributed by atoms with Crippen LogP contribution >= 0.6 is 0 Å². The molecule has 4 rings (SSSR count). The van der Waals surface area contributed by atoms with E-state index in [1.54, 1.807) is 18.2 Å². The molecule has 0 radical (unpaired) electrons. The fourth-order valence-electron chi connectivity index (χ4n) is 3.46. The van der Waals surface area contributed by atoms with Crippen LogP contribution in [0.15, 0.2) is 53.7 Å². The zero-order chi connectivity index (χ0) is 18.1. The minimum absolute atomic E-state index is 0.190. The van der Waals surface area contributed by atoms with Crippen molar-refractivity contribution < 1.29 is 8.42 Å². The van der Waals surface area contributed by atoms with Gasteiger partial charge in [0.15, 0.2) is 0 Å². The highest BCUT2D eigenvalue weighted by Crippen LogP contribution is 2.31. The molecule has 0 saturated carbocycles. The van der Waals surface area contributed by atoms with Crippen molar-refractivity contribution in [1.82, 2.24) is 24.9 Å². The Balaban J connectivity index is 1.63. The predicted octanol–water partition coefficient (Wildman–Crippen LogP) is 2.33. The van der Waals surface area contributed by atoms with Crippen LogP contribution in [0.2, 0.25) is 0 Å². The third-order valence-corrected chi connectivity index (χ3v) is 6.21. The third-order valence-electron chi connectivity index (χ3n) is 4.74. The molecular formula is C18H19N5O2S. The maximum absolute atomic E-state index is 12.9. The fourth-order valence-corrected chi connectivity index (χ4v) is 4.79. The topological polar surface area (TPSA) is 89.8 Å². The van der Waals surface area contributed by atoms with E-state index in [1.807, 2.05) is 25.1 Å². The SMILES string of the molecule is Cc1cc(S(=O)(=O)N[C@@H]2CCCc3ccccc32)ccc1-n1cnnn1. The van der Waals surface area contributed by atoms with Crippen LogP contribution in [0.25, 0.3) is 5.69 Å². The summed E-state index contributed by atoms with van der Waals surface area (Å²) in [5.74, 6) is 0. The lowest BCUT2D eigenvalue weighted by Crippen LogP contribution is -2.31. The number of tetrazole rings is 1. The second kappa shape index (κ2) is 6.62. The number of hydrogen-bond acceptors (Lipinski definition) is 5. The van der Waals surface area contributed by atoms with E-state index in [2.05, 4.69) is 26.3 Å². The van der Waals surface area contributed by atoms with Crippen molar-refractivity contribution in [3.8, 4) is 5.69 Å². The van der Waals surface area contributed by atoms with E-state index >= 15 is 0 Å². The monoisotopic (exact) mass is 369 g/mol. The van der Waals surface area contributed by atoms with Gasteiger partial charge >= 0.3 is 0 Å². The number of aromatic nitrogens is 4. The van der Waals surface area contributed by atoms with Crippen molar-refractivity contribution in [3.05, 3.63) is 65.5 Å². The molecule has 1 aliphatic rings. The molecule has 0 spiro atoms. The molecule has 134 valence electrons. The molecule has 2 aromatic carbocycles. The van der Waals surface area contributed by atoms with E-state index in [1.165, 1.54) is 16.6 Å². The number of rotatable bonds is 4. The summed E-state index contributed by atoms with van der Waals surface area (Å²) < 4.78 is 30.2. The van der Waals surface area contributed by atoms with Crippen LogP contribution in [0.4, 0.5) is 0 Å². The molecule has 1 aliphatic carbocycles. The third kappa shape index (κ3) is 3.13. The largest absolute Gasteiger partial charge is 0.241 e. The van der Waals surface area contributed by atoms with E-state index < -0.39 is 10.0 Å². The minimum Gasteiger partial charge on any atom is -0.207 e. The van der Waals surface area contributed by atoms with Crippen LogP contribution in [0.3, 0.4) is 0 Å². The lowest BCUT2D eigenvalue weighted by Gasteiger charge is -2.26.